The van der Waals surface area contributed by atoms with Crippen molar-refractivity contribution in [3.8, 4) is 0 Å². The van der Waals surface area contributed by atoms with Crippen LogP contribution in [-0.2, 0) is 0 Å². The standard InChI is InChI=1S/C18H36N2O/c1-3-10-19-18-9-8-15(2)13-16(18)14-20-11-4-6-17(20)7-5-12-21/h15-19,21H,3-14H2,1-2H3. The lowest BCUT2D eigenvalue weighted by Crippen LogP contribution is -2.46. The predicted octanol–water partition coefficient (Wildman–Crippen LogP) is 3.03. The van der Waals surface area contributed by atoms with Crippen LogP contribution in [0.2, 0.25) is 0 Å². The van der Waals surface area contributed by atoms with Gasteiger partial charge < -0.3 is 15.3 Å². The summed E-state index contributed by atoms with van der Waals surface area (Å²) in [5.41, 5.74) is 0. The molecule has 0 spiro atoms. The van der Waals surface area contributed by atoms with Gasteiger partial charge in [0.15, 0.2) is 0 Å². The molecule has 3 heteroatoms. The number of likely N-dealkylation sites (tertiary alicyclic amines) is 1. The zero-order valence-electron chi connectivity index (χ0n) is 14.2. The third kappa shape index (κ3) is 5.22. The molecule has 0 amide bonds. The topological polar surface area (TPSA) is 35.5 Å². The van der Waals surface area contributed by atoms with Crippen molar-refractivity contribution in [3.63, 3.8) is 0 Å². The van der Waals surface area contributed by atoms with E-state index in [1.165, 1.54) is 64.6 Å². The van der Waals surface area contributed by atoms with Crippen molar-refractivity contribution < 1.29 is 5.11 Å². The van der Waals surface area contributed by atoms with E-state index in [0.29, 0.717) is 6.61 Å². The Hall–Kier alpha value is -0.120. The first-order valence-electron chi connectivity index (χ1n) is 9.32. The molecule has 0 bridgehead atoms. The SMILES string of the molecule is CCCNC1CCC(C)CC1CN1CCCC1CCCO. The summed E-state index contributed by atoms with van der Waals surface area (Å²) >= 11 is 0. The molecule has 0 aromatic heterocycles. The molecule has 2 aliphatic rings. The summed E-state index contributed by atoms with van der Waals surface area (Å²) in [4.78, 5) is 2.74. The van der Waals surface area contributed by atoms with E-state index >= 15 is 0 Å². The molecule has 2 fully saturated rings. The second-order valence-corrected chi connectivity index (χ2v) is 7.40. The number of rotatable bonds is 8. The maximum absolute atomic E-state index is 9.08. The van der Waals surface area contributed by atoms with Gasteiger partial charge in [0.05, 0.1) is 0 Å². The highest BCUT2D eigenvalue weighted by atomic mass is 16.2. The smallest absolute Gasteiger partial charge is 0.0431 e. The Labute approximate surface area is 131 Å². The van der Waals surface area contributed by atoms with Gasteiger partial charge in [-0.1, -0.05) is 13.8 Å². The predicted molar refractivity (Wildman–Crippen MR) is 89.5 cm³/mol. The molecule has 0 radical (unpaired) electrons. The number of nitrogens with one attached hydrogen (secondary N) is 1. The summed E-state index contributed by atoms with van der Waals surface area (Å²) in [6.07, 6.45) is 10.2. The van der Waals surface area contributed by atoms with E-state index in [1.807, 2.05) is 0 Å². The third-order valence-electron chi connectivity index (χ3n) is 5.56. The van der Waals surface area contributed by atoms with Crippen LogP contribution in [0.25, 0.3) is 0 Å². The van der Waals surface area contributed by atoms with Gasteiger partial charge in [-0.15, -0.1) is 0 Å². The molecule has 2 N–H and O–H groups in total. The Bertz CT molecular complexity index is 282. The Morgan fingerprint density at radius 2 is 2.10 bits per heavy atom. The third-order valence-corrected chi connectivity index (χ3v) is 5.56. The number of aliphatic hydroxyl groups is 1. The van der Waals surface area contributed by atoms with E-state index in [0.717, 1.165) is 30.3 Å². The van der Waals surface area contributed by atoms with Gasteiger partial charge in [0.25, 0.3) is 0 Å². The van der Waals surface area contributed by atoms with Crippen LogP contribution in [0.15, 0.2) is 0 Å². The Kier molecular flexibility index (Phi) is 7.48. The van der Waals surface area contributed by atoms with Crippen LogP contribution >= 0.6 is 0 Å². The first kappa shape index (κ1) is 17.2. The van der Waals surface area contributed by atoms with Crippen molar-refractivity contribution in [2.75, 3.05) is 26.2 Å². The number of aliphatic hydroxyl groups excluding tert-OH is 1. The molecule has 124 valence electrons. The van der Waals surface area contributed by atoms with Gasteiger partial charge in [-0.05, 0) is 76.3 Å². The summed E-state index contributed by atoms with van der Waals surface area (Å²) < 4.78 is 0. The molecule has 0 aromatic rings. The lowest BCUT2D eigenvalue weighted by atomic mass is 9.78. The molecule has 4 atom stereocenters. The van der Waals surface area contributed by atoms with E-state index in [9.17, 15) is 0 Å². The maximum Gasteiger partial charge on any atom is 0.0431 e. The van der Waals surface area contributed by atoms with Gasteiger partial charge in [-0.3, -0.25) is 0 Å². The Morgan fingerprint density at radius 3 is 2.86 bits per heavy atom. The zero-order chi connectivity index (χ0) is 15.1. The van der Waals surface area contributed by atoms with Crippen LogP contribution in [0.1, 0.15) is 65.2 Å². The van der Waals surface area contributed by atoms with Crippen LogP contribution in [0.3, 0.4) is 0 Å². The number of hydrogen-bond donors (Lipinski definition) is 2. The summed E-state index contributed by atoms with van der Waals surface area (Å²) in [5.74, 6) is 1.73. The van der Waals surface area contributed by atoms with Gasteiger partial charge >= 0.3 is 0 Å². The molecule has 1 aliphatic carbocycles. The molecule has 3 nitrogen and oxygen atoms in total. The fourth-order valence-corrected chi connectivity index (χ4v) is 4.39. The minimum atomic E-state index is 0.353. The molecule has 1 saturated carbocycles. The quantitative estimate of drug-likeness (QED) is 0.723. The van der Waals surface area contributed by atoms with Crippen molar-refractivity contribution >= 4 is 0 Å². The maximum atomic E-state index is 9.08. The normalized spacial score (nSPS) is 34.4. The van der Waals surface area contributed by atoms with Crippen LogP contribution in [0.4, 0.5) is 0 Å². The largest absolute Gasteiger partial charge is 0.396 e. The second kappa shape index (κ2) is 9.12. The summed E-state index contributed by atoms with van der Waals surface area (Å²) in [7, 11) is 0. The van der Waals surface area contributed by atoms with E-state index < -0.39 is 0 Å². The molecular formula is C18H36N2O. The van der Waals surface area contributed by atoms with Crippen molar-refractivity contribution in [2.24, 2.45) is 11.8 Å². The molecule has 1 saturated heterocycles. The van der Waals surface area contributed by atoms with Crippen molar-refractivity contribution in [2.45, 2.75) is 77.3 Å². The van der Waals surface area contributed by atoms with Crippen LogP contribution in [-0.4, -0.2) is 48.3 Å². The first-order chi connectivity index (χ1) is 10.2. The van der Waals surface area contributed by atoms with Crippen molar-refractivity contribution in [1.29, 1.82) is 0 Å². The van der Waals surface area contributed by atoms with Crippen LogP contribution in [0.5, 0.6) is 0 Å². The lowest BCUT2D eigenvalue weighted by Gasteiger charge is -2.39. The number of hydrogen-bond acceptors (Lipinski definition) is 3. The fraction of sp³-hybridized carbons (Fsp3) is 1.00. The fourth-order valence-electron chi connectivity index (χ4n) is 4.39. The molecule has 1 aliphatic heterocycles. The minimum Gasteiger partial charge on any atom is -0.396 e. The minimum absolute atomic E-state index is 0.353. The molecule has 0 aromatic carbocycles. The second-order valence-electron chi connectivity index (χ2n) is 7.40. The first-order valence-corrected chi connectivity index (χ1v) is 9.32. The molecular weight excluding hydrogens is 260 g/mol. The van der Waals surface area contributed by atoms with E-state index in [2.05, 4.69) is 24.1 Å². The van der Waals surface area contributed by atoms with Crippen molar-refractivity contribution in [3.05, 3.63) is 0 Å². The van der Waals surface area contributed by atoms with Gasteiger partial charge in [0.1, 0.15) is 0 Å². The molecule has 2 rings (SSSR count). The highest BCUT2D eigenvalue weighted by Gasteiger charge is 2.32. The Balaban J connectivity index is 1.87. The average Bonchev–Trinajstić information content (AvgIpc) is 2.91. The van der Waals surface area contributed by atoms with Gasteiger partial charge in [0, 0.05) is 25.2 Å². The zero-order valence-corrected chi connectivity index (χ0v) is 14.2. The lowest BCUT2D eigenvalue weighted by molar-refractivity contribution is 0.130. The van der Waals surface area contributed by atoms with E-state index in [-0.39, 0.29) is 0 Å². The molecule has 21 heavy (non-hydrogen) atoms. The van der Waals surface area contributed by atoms with Crippen LogP contribution < -0.4 is 5.32 Å². The average molecular weight is 296 g/mol. The molecule has 4 unspecified atom stereocenters. The highest BCUT2D eigenvalue weighted by molar-refractivity contribution is 4.88. The molecule has 1 heterocycles. The van der Waals surface area contributed by atoms with Gasteiger partial charge in [-0.2, -0.15) is 0 Å². The van der Waals surface area contributed by atoms with E-state index in [1.54, 1.807) is 0 Å². The summed E-state index contributed by atoms with van der Waals surface area (Å²) in [6.45, 7) is 8.77. The Morgan fingerprint density at radius 1 is 1.24 bits per heavy atom. The summed E-state index contributed by atoms with van der Waals surface area (Å²) in [5, 5.41) is 12.9. The van der Waals surface area contributed by atoms with Crippen molar-refractivity contribution in [1.82, 2.24) is 10.2 Å². The van der Waals surface area contributed by atoms with Gasteiger partial charge in [0.2, 0.25) is 0 Å². The monoisotopic (exact) mass is 296 g/mol. The highest BCUT2D eigenvalue weighted by Crippen LogP contribution is 2.32. The number of nitrogens with zero attached hydrogens (tertiary/aromatic N) is 1. The van der Waals surface area contributed by atoms with E-state index in [4.69, 9.17) is 5.11 Å². The summed E-state index contributed by atoms with van der Waals surface area (Å²) in [6, 6.07) is 1.47. The van der Waals surface area contributed by atoms with Gasteiger partial charge in [-0.25, -0.2) is 0 Å². The van der Waals surface area contributed by atoms with Crippen LogP contribution in [0, 0.1) is 11.8 Å².